The van der Waals surface area contributed by atoms with Crippen LogP contribution in [0.2, 0.25) is 0 Å². The van der Waals surface area contributed by atoms with E-state index in [1.54, 1.807) is 6.21 Å². The lowest BCUT2D eigenvalue weighted by molar-refractivity contribution is -0.109. The summed E-state index contributed by atoms with van der Waals surface area (Å²) in [5, 5.41) is 1.94. The van der Waals surface area contributed by atoms with Gasteiger partial charge >= 0.3 is 0 Å². The first-order valence-electron chi connectivity index (χ1n) is 5.85. The van der Waals surface area contributed by atoms with E-state index in [2.05, 4.69) is 4.99 Å². The number of aromatic nitrogens is 1. The Hall–Kier alpha value is -2.36. The van der Waals surface area contributed by atoms with Crippen molar-refractivity contribution in [1.29, 1.82) is 0 Å². The van der Waals surface area contributed by atoms with Crippen LogP contribution in [0.15, 0.2) is 53.7 Å². The second-order valence-corrected chi connectivity index (χ2v) is 4.19. The molecule has 0 aliphatic carbocycles. The van der Waals surface area contributed by atoms with E-state index in [1.807, 2.05) is 58.3 Å². The van der Waals surface area contributed by atoms with E-state index in [0.717, 1.165) is 17.5 Å². The zero-order chi connectivity index (χ0) is 12.4. The van der Waals surface area contributed by atoms with Crippen molar-refractivity contribution < 1.29 is 4.79 Å². The lowest BCUT2D eigenvalue weighted by atomic mass is 10.2. The molecule has 0 amide bonds. The van der Waals surface area contributed by atoms with Crippen molar-refractivity contribution in [1.82, 2.24) is 4.68 Å². The molecule has 0 bridgehead atoms. The van der Waals surface area contributed by atoms with Gasteiger partial charge in [0.15, 0.2) is 12.5 Å². The maximum atomic E-state index is 11.1. The summed E-state index contributed by atoms with van der Waals surface area (Å²) in [7, 11) is 0. The molecule has 0 spiro atoms. The van der Waals surface area contributed by atoms with Gasteiger partial charge in [0.1, 0.15) is 0 Å². The van der Waals surface area contributed by atoms with Crippen LogP contribution in [0.3, 0.4) is 0 Å². The second kappa shape index (κ2) is 4.49. The van der Waals surface area contributed by atoms with Crippen LogP contribution in [-0.4, -0.2) is 23.3 Å². The predicted octanol–water partition coefficient (Wildman–Crippen LogP) is 1.58. The van der Waals surface area contributed by atoms with Crippen LogP contribution in [0.5, 0.6) is 0 Å². The number of benzene rings is 1. The number of carbonyl (C=O) groups is 1. The molecule has 1 atom stereocenters. The lowest BCUT2D eigenvalue weighted by Gasteiger charge is -2.32. The molecule has 0 radical (unpaired) electrons. The Morgan fingerprint density at radius 2 is 2.00 bits per heavy atom. The molecule has 4 heteroatoms. The van der Waals surface area contributed by atoms with E-state index >= 15 is 0 Å². The summed E-state index contributed by atoms with van der Waals surface area (Å²) >= 11 is 0. The highest BCUT2D eigenvalue weighted by Crippen LogP contribution is 2.14. The Labute approximate surface area is 105 Å². The van der Waals surface area contributed by atoms with Gasteiger partial charge in [-0.05, 0) is 17.7 Å². The quantitative estimate of drug-likeness (QED) is 0.763. The van der Waals surface area contributed by atoms with Gasteiger partial charge in [-0.15, -0.1) is 0 Å². The summed E-state index contributed by atoms with van der Waals surface area (Å²) in [5.74, 6) is 0. The Morgan fingerprint density at radius 1 is 1.17 bits per heavy atom. The van der Waals surface area contributed by atoms with Crippen LogP contribution in [0.25, 0.3) is 0 Å². The number of hydrogen-bond donors (Lipinski definition) is 0. The molecule has 90 valence electrons. The topological polar surface area (TPSA) is 37.6 Å². The van der Waals surface area contributed by atoms with E-state index < -0.39 is 6.17 Å². The SMILES string of the molecule is O=CC1N=Cc2cccn2N1Cc1ccccc1. The monoisotopic (exact) mass is 239 g/mol. The van der Waals surface area contributed by atoms with Crippen molar-refractivity contribution in [3.8, 4) is 0 Å². The average molecular weight is 239 g/mol. The number of nitrogens with zero attached hydrogens (tertiary/aromatic N) is 3. The number of rotatable bonds is 3. The molecular formula is C14H13N3O. The van der Waals surface area contributed by atoms with Crippen molar-refractivity contribution in [3.05, 3.63) is 59.9 Å². The average Bonchev–Trinajstić information content (AvgIpc) is 2.89. The van der Waals surface area contributed by atoms with Crippen molar-refractivity contribution in [3.63, 3.8) is 0 Å². The van der Waals surface area contributed by atoms with Gasteiger partial charge < -0.3 is 0 Å². The van der Waals surface area contributed by atoms with Crippen molar-refractivity contribution >= 4 is 12.5 Å². The Morgan fingerprint density at radius 3 is 2.78 bits per heavy atom. The van der Waals surface area contributed by atoms with Gasteiger partial charge in [-0.2, -0.15) is 0 Å². The van der Waals surface area contributed by atoms with Gasteiger partial charge in [0.2, 0.25) is 0 Å². The minimum absolute atomic E-state index is 0.454. The fraction of sp³-hybridized carbons (Fsp3) is 0.143. The number of fused-ring (bicyclic) bond motifs is 1. The van der Waals surface area contributed by atoms with Gasteiger partial charge in [-0.1, -0.05) is 30.3 Å². The van der Waals surface area contributed by atoms with Crippen LogP contribution < -0.4 is 5.01 Å². The smallest absolute Gasteiger partial charge is 0.191 e. The van der Waals surface area contributed by atoms with E-state index in [1.165, 1.54) is 0 Å². The fourth-order valence-corrected chi connectivity index (χ4v) is 2.12. The van der Waals surface area contributed by atoms with Crippen LogP contribution in [0, 0.1) is 0 Å². The molecule has 1 aromatic heterocycles. The number of carbonyl (C=O) groups excluding carboxylic acids is 1. The Balaban J connectivity index is 1.94. The van der Waals surface area contributed by atoms with Gasteiger partial charge in [0, 0.05) is 6.20 Å². The fourth-order valence-electron chi connectivity index (χ4n) is 2.12. The van der Waals surface area contributed by atoms with Crippen LogP contribution >= 0.6 is 0 Å². The van der Waals surface area contributed by atoms with Gasteiger partial charge in [0.05, 0.1) is 18.5 Å². The molecular weight excluding hydrogens is 226 g/mol. The molecule has 0 fully saturated rings. The largest absolute Gasteiger partial charge is 0.299 e. The first kappa shape index (κ1) is 10.8. The second-order valence-electron chi connectivity index (χ2n) is 4.19. The highest BCUT2D eigenvalue weighted by molar-refractivity contribution is 5.81. The third-order valence-corrected chi connectivity index (χ3v) is 3.01. The van der Waals surface area contributed by atoms with Crippen molar-refractivity contribution in [2.75, 3.05) is 5.01 Å². The first-order chi connectivity index (χ1) is 8.88. The molecule has 2 aromatic rings. The summed E-state index contributed by atoms with van der Waals surface area (Å²) < 4.78 is 1.97. The summed E-state index contributed by atoms with van der Waals surface area (Å²) in [4.78, 5) is 15.4. The molecule has 1 aromatic carbocycles. The first-order valence-corrected chi connectivity index (χ1v) is 5.85. The van der Waals surface area contributed by atoms with Crippen LogP contribution in [0.4, 0.5) is 0 Å². The molecule has 2 heterocycles. The standard InChI is InChI=1S/C14H13N3O/c18-11-14-15-9-13-7-4-8-16(13)17(14)10-12-5-2-1-3-6-12/h1-9,11,14H,10H2. The maximum absolute atomic E-state index is 11.1. The molecule has 1 aliphatic rings. The van der Waals surface area contributed by atoms with Gasteiger partial charge in [-0.25, -0.2) is 0 Å². The van der Waals surface area contributed by atoms with E-state index in [4.69, 9.17) is 0 Å². The summed E-state index contributed by atoms with van der Waals surface area (Å²) in [6, 6.07) is 14.0. The summed E-state index contributed by atoms with van der Waals surface area (Å²) in [6.07, 6.45) is 4.09. The van der Waals surface area contributed by atoms with Gasteiger partial charge in [-0.3, -0.25) is 19.5 Å². The number of aliphatic imine (C=N–C) groups is 1. The van der Waals surface area contributed by atoms with Crippen LogP contribution in [0.1, 0.15) is 11.3 Å². The minimum atomic E-state index is -0.454. The molecule has 0 saturated carbocycles. The van der Waals surface area contributed by atoms with E-state index in [-0.39, 0.29) is 0 Å². The molecule has 0 saturated heterocycles. The maximum Gasteiger partial charge on any atom is 0.191 e. The lowest BCUT2D eigenvalue weighted by Crippen LogP contribution is -2.45. The number of hydrogen-bond acceptors (Lipinski definition) is 3. The molecule has 3 rings (SSSR count). The molecule has 18 heavy (non-hydrogen) atoms. The molecule has 1 unspecified atom stereocenters. The third-order valence-electron chi connectivity index (χ3n) is 3.01. The highest BCUT2D eigenvalue weighted by Gasteiger charge is 2.21. The minimum Gasteiger partial charge on any atom is -0.299 e. The predicted molar refractivity (Wildman–Crippen MR) is 70.2 cm³/mol. The Kier molecular flexibility index (Phi) is 2.68. The molecule has 4 nitrogen and oxygen atoms in total. The zero-order valence-electron chi connectivity index (χ0n) is 9.81. The number of aldehydes is 1. The van der Waals surface area contributed by atoms with Crippen molar-refractivity contribution in [2.24, 2.45) is 4.99 Å². The van der Waals surface area contributed by atoms with Gasteiger partial charge in [0.25, 0.3) is 0 Å². The molecule has 1 aliphatic heterocycles. The normalized spacial score (nSPS) is 17.6. The summed E-state index contributed by atoms with van der Waals surface area (Å²) in [6.45, 7) is 0.656. The Bertz CT molecular complexity index is 574. The van der Waals surface area contributed by atoms with Crippen LogP contribution in [-0.2, 0) is 11.3 Å². The summed E-state index contributed by atoms with van der Waals surface area (Å²) in [5.41, 5.74) is 2.14. The third kappa shape index (κ3) is 1.82. The highest BCUT2D eigenvalue weighted by atomic mass is 16.1. The van der Waals surface area contributed by atoms with E-state index in [0.29, 0.717) is 6.54 Å². The zero-order valence-corrected chi connectivity index (χ0v) is 9.81. The molecule has 0 N–H and O–H groups in total. The van der Waals surface area contributed by atoms with E-state index in [9.17, 15) is 4.79 Å². The van der Waals surface area contributed by atoms with Crippen molar-refractivity contribution in [2.45, 2.75) is 12.7 Å².